The van der Waals surface area contributed by atoms with Gasteiger partial charge in [-0.25, -0.2) is 13.2 Å². The Hall–Kier alpha value is -2.71. The predicted molar refractivity (Wildman–Crippen MR) is 123 cm³/mol. The smallest absolute Gasteiger partial charge is 0.246 e. The number of nitrogens with zero attached hydrogens (tertiary/aromatic N) is 3. The molecule has 3 heterocycles. The molecule has 8 heteroatoms. The number of carbonyl (C=O) groups excluding carboxylic acids is 1. The molecule has 4 rings (SSSR count). The van der Waals surface area contributed by atoms with E-state index in [2.05, 4.69) is 22.0 Å². The lowest BCUT2D eigenvalue weighted by atomic mass is 9.85. The summed E-state index contributed by atoms with van der Waals surface area (Å²) in [5.41, 5.74) is 1.41. The largest absolute Gasteiger partial charge is 0.395 e. The minimum atomic E-state index is -1.52. The Morgan fingerprint density at radius 1 is 1.03 bits per heavy atom. The van der Waals surface area contributed by atoms with E-state index in [1.165, 1.54) is 17.7 Å². The number of likely N-dealkylation sites (tertiary alicyclic amines) is 2. The lowest BCUT2D eigenvalue weighted by Crippen LogP contribution is -2.50. The first-order valence-corrected chi connectivity index (χ1v) is 11.8. The van der Waals surface area contributed by atoms with E-state index in [4.69, 9.17) is 0 Å². The molecule has 2 aliphatic rings. The fourth-order valence-electron chi connectivity index (χ4n) is 5.21. The average Bonchev–Trinajstić information content (AvgIpc) is 2.87. The highest BCUT2D eigenvalue weighted by atomic mass is 19.2. The van der Waals surface area contributed by atoms with E-state index in [1.54, 1.807) is 4.90 Å². The molecular formula is C26H30F3N3O2. The van der Waals surface area contributed by atoms with Crippen molar-refractivity contribution < 1.29 is 23.1 Å². The van der Waals surface area contributed by atoms with Gasteiger partial charge in [0.25, 0.3) is 0 Å². The van der Waals surface area contributed by atoms with Crippen LogP contribution in [0.3, 0.4) is 0 Å². The second-order valence-corrected chi connectivity index (χ2v) is 9.14. The van der Waals surface area contributed by atoms with Gasteiger partial charge in [0.05, 0.1) is 6.61 Å². The van der Waals surface area contributed by atoms with E-state index >= 15 is 0 Å². The summed E-state index contributed by atoms with van der Waals surface area (Å²) in [6, 6.07) is 5.95. The molecule has 0 spiro atoms. The van der Waals surface area contributed by atoms with Crippen LogP contribution in [0, 0.1) is 23.4 Å². The number of piperidine rings is 2. The normalized spacial score (nSPS) is 19.6. The van der Waals surface area contributed by atoms with Crippen molar-refractivity contribution in [1.29, 1.82) is 0 Å². The summed E-state index contributed by atoms with van der Waals surface area (Å²) < 4.78 is 39.8. The minimum absolute atomic E-state index is 0.0800. The number of aromatic nitrogens is 1. The van der Waals surface area contributed by atoms with E-state index in [9.17, 15) is 23.1 Å². The number of hydrogen-bond acceptors (Lipinski definition) is 4. The molecule has 1 amide bonds. The maximum atomic E-state index is 13.4. The first-order chi connectivity index (χ1) is 16.5. The molecule has 1 N–H and O–H groups in total. The number of rotatable bonds is 6. The van der Waals surface area contributed by atoms with E-state index in [0.717, 1.165) is 50.9 Å². The lowest BCUT2D eigenvalue weighted by Gasteiger charge is -2.43. The topological polar surface area (TPSA) is 56.7 Å². The number of benzene rings is 1. The molecule has 0 aliphatic carbocycles. The molecule has 0 bridgehead atoms. The van der Waals surface area contributed by atoms with Crippen LogP contribution >= 0.6 is 0 Å². The highest BCUT2D eigenvalue weighted by molar-refractivity contribution is 5.91. The summed E-state index contributed by atoms with van der Waals surface area (Å²) >= 11 is 0. The highest BCUT2D eigenvalue weighted by Crippen LogP contribution is 2.32. The zero-order valence-electron chi connectivity index (χ0n) is 19.0. The van der Waals surface area contributed by atoms with Crippen LogP contribution in [0.4, 0.5) is 13.2 Å². The van der Waals surface area contributed by atoms with Gasteiger partial charge in [-0.2, -0.15) is 0 Å². The SMILES string of the molecule is O=C(/C=C/c1cc(F)c(F)c(F)c1)N1CCC(C(CO)N2CCC(c3ccncc3)CC2)CC1. The summed E-state index contributed by atoms with van der Waals surface area (Å²) in [6.45, 7) is 3.09. The Morgan fingerprint density at radius 2 is 1.65 bits per heavy atom. The highest BCUT2D eigenvalue weighted by Gasteiger charge is 2.33. The van der Waals surface area contributed by atoms with E-state index in [1.807, 2.05) is 12.4 Å². The molecule has 182 valence electrons. The average molecular weight is 474 g/mol. The molecule has 5 nitrogen and oxygen atoms in total. The van der Waals surface area contributed by atoms with Crippen molar-refractivity contribution in [3.63, 3.8) is 0 Å². The molecule has 1 unspecified atom stereocenters. The van der Waals surface area contributed by atoms with E-state index < -0.39 is 17.5 Å². The zero-order valence-corrected chi connectivity index (χ0v) is 19.0. The molecule has 2 aliphatic heterocycles. The van der Waals surface area contributed by atoms with Gasteiger partial charge in [0.15, 0.2) is 17.5 Å². The van der Waals surface area contributed by atoms with Crippen LogP contribution in [0.2, 0.25) is 0 Å². The zero-order chi connectivity index (χ0) is 24.1. The number of amides is 1. The fraction of sp³-hybridized carbons (Fsp3) is 0.462. The summed E-state index contributed by atoms with van der Waals surface area (Å²) in [4.78, 5) is 20.7. The van der Waals surface area contributed by atoms with Gasteiger partial charge in [0.2, 0.25) is 5.91 Å². The van der Waals surface area contributed by atoms with Crippen LogP contribution in [-0.2, 0) is 4.79 Å². The van der Waals surface area contributed by atoms with Gasteiger partial charge in [-0.15, -0.1) is 0 Å². The number of aliphatic hydroxyl groups excluding tert-OH is 1. The summed E-state index contributed by atoms with van der Waals surface area (Å²) in [6.07, 6.45) is 9.89. The molecule has 1 atom stereocenters. The maximum Gasteiger partial charge on any atom is 0.246 e. The van der Waals surface area contributed by atoms with Crippen LogP contribution in [0.25, 0.3) is 6.08 Å². The van der Waals surface area contributed by atoms with Gasteiger partial charge in [-0.1, -0.05) is 0 Å². The molecule has 1 aromatic carbocycles. The monoisotopic (exact) mass is 473 g/mol. The van der Waals surface area contributed by atoms with Crippen molar-refractivity contribution in [1.82, 2.24) is 14.8 Å². The van der Waals surface area contributed by atoms with Crippen molar-refractivity contribution >= 4 is 12.0 Å². The van der Waals surface area contributed by atoms with Crippen molar-refractivity contribution in [2.45, 2.75) is 37.6 Å². The Balaban J connectivity index is 1.28. The van der Waals surface area contributed by atoms with Crippen molar-refractivity contribution in [2.75, 3.05) is 32.8 Å². The third kappa shape index (κ3) is 5.67. The van der Waals surface area contributed by atoms with Crippen LogP contribution in [-0.4, -0.2) is 64.6 Å². The molecule has 2 fully saturated rings. The second kappa shape index (κ2) is 11.1. The minimum Gasteiger partial charge on any atom is -0.395 e. The summed E-state index contributed by atoms with van der Waals surface area (Å²) in [5.74, 6) is -3.52. The number of hydrogen-bond donors (Lipinski definition) is 1. The first kappa shape index (κ1) is 24.4. The van der Waals surface area contributed by atoms with Gasteiger partial charge >= 0.3 is 0 Å². The van der Waals surface area contributed by atoms with E-state index in [-0.39, 0.29) is 24.1 Å². The fourth-order valence-corrected chi connectivity index (χ4v) is 5.21. The quantitative estimate of drug-likeness (QED) is 0.509. The van der Waals surface area contributed by atoms with Gasteiger partial charge in [0.1, 0.15) is 0 Å². The first-order valence-electron chi connectivity index (χ1n) is 11.8. The molecule has 0 radical (unpaired) electrons. The number of halogens is 3. The number of pyridine rings is 1. The molecule has 1 aromatic heterocycles. The third-order valence-electron chi connectivity index (χ3n) is 7.18. The van der Waals surface area contributed by atoms with Crippen molar-refractivity contribution in [2.24, 2.45) is 5.92 Å². The van der Waals surface area contributed by atoms with Gasteiger partial charge in [0, 0.05) is 37.6 Å². The van der Waals surface area contributed by atoms with Gasteiger partial charge in [-0.3, -0.25) is 14.7 Å². The standard InChI is InChI=1S/C26H30F3N3O2/c27-22-15-18(16-23(28)26(22)29)1-2-25(34)32-13-7-21(8-14-32)24(17-33)31-11-5-20(6-12-31)19-3-9-30-10-4-19/h1-4,9-10,15-16,20-21,24,33H,5-8,11-14,17H2/b2-1+. The lowest BCUT2D eigenvalue weighted by molar-refractivity contribution is -0.127. The Morgan fingerprint density at radius 3 is 2.24 bits per heavy atom. The summed E-state index contributed by atoms with van der Waals surface area (Å²) in [7, 11) is 0. The molecule has 2 saturated heterocycles. The van der Waals surface area contributed by atoms with Gasteiger partial charge in [-0.05, 0) is 92.1 Å². The molecule has 2 aromatic rings. The number of carbonyl (C=O) groups is 1. The molecule has 34 heavy (non-hydrogen) atoms. The summed E-state index contributed by atoms with van der Waals surface area (Å²) in [5, 5.41) is 10.1. The Kier molecular flexibility index (Phi) is 8.00. The number of aliphatic hydroxyl groups is 1. The van der Waals surface area contributed by atoms with Crippen LogP contribution in [0.5, 0.6) is 0 Å². The van der Waals surface area contributed by atoms with Crippen molar-refractivity contribution in [3.05, 3.63) is 71.3 Å². The van der Waals surface area contributed by atoms with Crippen LogP contribution < -0.4 is 0 Å². The van der Waals surface area contributed by atoms with Crippen LogP contribution in [0.1, 0.15) is 42.7 Å². The molecule has 0 saturated carbocycles. The predicted octanol–water partition coefficient (Wildman–Crippen LogP) is 3.99. The Bertz CT molecular complexity index is 979. The van der Waals surface area contributed by atoms with Crippen LogP contribution in [0.15, 0.2) is 42.7 Å². The maximum absolute atomic E-state index is 13.4. The van der Waals surface area contributed by atoms with Gasteiger partial charge < -0.3 is 10.0 Å². The Labute approximate surface area is 197 Å². The van der Waals surface area contributed by atoms with Crippen molar-refractivity contribution in [3.8, 4) is 0 Å². The van der Waals surface area contributed by atoms with E-state index in [0.29, 0.717) is 24.9 Å². The molecular weight excluding hydrogens is 443 g/mol. The second-order valence-electron chi connectivity index (χ2n) is 9.14. The third-order valence-corrected chi connectivity index (χ3v) is 7.18.